The average molecular weight is 383 g/mol. The number of aliphatic hydroxyl groups is 3. The summed E-state index contributed by atoms with van der Waals surface area (Å²) in [6.07, 6.45) is 14.7. The third-order valence-corrected chi connectivity index (χ3v) is 6.35. The Hall–Kier alpha value is -0.750. The lowest BCUT2D eigenvalue weighted by molar-refractivity contribution is -0.188. The molecule has 2 rings (SSSR count). The van der Waals surface area contributed by atoms with Crippen LogP contribution in [0.3, 0.4) is 0 Å². The van der Waals surface area contributed by atoms with Gasteiger partial charge in [0.15, 0.2) is 0 Å². The van der Waals surface area contributed by atoms with Crippen LogP contribution in [-0.4, -0.2) is 45.7 Å². The topological polar surface area (TPSA) is 87.0 Å². The van der Waals surface area contributed by atoms with E-state index in [1.54, 1.807) is 0 Å². The number of fused-ring (bicyclic) bond motifs is 1. The molecule has 0 amide bonds. The molecule has 156 valence electrons. The first-order valence-electron chi connectivity index (χ1n) is 10.8. The number of aliphatic hydroxyl groups excluding tert-OH is 1. The van der Waals surface area contributed by atoms with Gasteiger partial charge in [0.05, 0.1) is 12.2 Å². The SMILES string of the molecule is CCCC(C)CCC=C[C@H]1CC[C@H]2O[C@@H](CCCC(O)(O)C(=O)CO)C[C@H]12. The molecule has 2 aliphatic rings. The molecule has 5 nitrogen and oxygen atoms in total. The maximum Gasteiger partial charge on any atom is 0.226 e. The van der Waals surface area contributed by atoms with Crippen molar-refractivity contribution in [3.05, 3.63) is 12.2 Å². The van der Waals surface area contributed by atoms with E-state index < -0.39 is 18.2 Å². The number of carbonyl (C=O) groups excluding carboxylic acids is 1. The molecule has 5 atom stereocenters. The summed E-state index contributed by atoms with van der Waals surface area (Å²) in [6, 6.07) is 0. The fourth-order valence-corrected chi connectivity index (χ4v) is 4.72. The molecule has 3 N–H and O–H groups in total. The molecule has 27 heavy (non-hydrogen) atoms. The molecule has 1 heterocycles. The Morgan fingerprint density at radius 2 is 2.07 bits per heavy atom. The van der Waals surface area contributed by atoms with E-state index in [1.165, 1.54) is 25.7 Å². The number of ketones is 1. The summed E-state index contributed by atoms with van der Waals surface area (Å²) in [4.78, 5) is 11.3. The van der Waals surface area contributed by atoms with Crippen LogP contribution in [0.2, 0.25) is 0 Å². The summed E-state index contributed by atoms with van der Waals surface area (Å²) in [5, 5.41) is 28.1. The first-order valence-corrected chi connectivity index (χ1v) is 10.8. The Bertz CT molecular complexity index is 487. The van der Waals surface area contributed by atoms with Gasteiger partial charge in [-0.15, -0.1) is 0 Å². The number of hydrogen-bond donors (Lipinski definition) is 3. The molecule has 5 heteroatoms. The van der Waals surface area contributed by atoms with E-state index in [-0.39, 0.29) is 12.5 Å². The summed E-state index contributed by atoms with van der Waals surface area (Å²) in [7, 11) is 0. The predicted molar refractivity (Wildman–Crippen MR) is 105 cm³/mol. The predicted octanol–water partition coefficient (Wildman–Crippen LogP) is 3.36. The van der Waals surface area contributed by atoms with E-state index in [4.69, 9.17) is 9.84 Å². The molecule has 1 saturated carbocycles. The van der Waals surface area contributed by atoms with Gasteiger partial charge in [0, 0.05) is 6.42 Å². The fraction of sp³-hybridized carbons (Fsp3) is 0.864. The van der Waals surface area contributed by atoms with E-state index >= 15 is 0 Å². The van der Waals surface area contributed by atoms with Crippen molar-refractivity contribution in [2.24, 2.45) is 17.8 Å². The molecule has 1 aliphatic heterocycles. The van der Waals surface area contributed by atoms with E-state index in [9.17, 15) is 15.0 Å². The molecule has 1 unspecified atom stereocenters. The minimum absolute atomic E-state index is 0.0547. The van der Waals surface area contributed by atoms with E-state index in [2.05, 4.69) is 26.0 Å². The Kier molecular flexibility index (Phi) is 8.93. The van der Waals surface area contributed by atoms with Crippen molar-refractivity contribution < 1.29 is 24.9 Å². The molecule has 0 aromatic rings. The van der Waals surface area contributed by atoms with Crippen LogP contribution in [0.1, 0.15) is 78.1 Å². The van der Waals surface area contributed by atoms with E-state index in [1.807, 2.05) is 0 Å². The number of ether oxygens (including phenoxy) is 1. The van der Waals surface area contributed by atoms with Gasteiger partial charge >= 0.3 is 0 Å². The lowest BCUT2D eigenvalue weighted by Crippen LogP contribution is -2.40. The highest BCUT2D eigenvalue weighted by molar-refractivity contribution is 5.86. The van der Waals surface area contributed by atoms with Gasteiger partial charge in [-0.05, 0) is 62.7 Å². The van der Waals surface area contributed by atoms with E-state index in [0.29, 0.717) is 24.4 Å². The highest BCUT2D eigenvalue weighted by Crippen LogP contribution is 2.45. The Morgan fingerprint density at radius 3 is 2.78 bits per heavy atom. The monoisotopic (exact) mass is 382 g/mol. The number of allylic oxidation sites excluding steroid dienone is 2. The number of Topliss-reactive ketones (excluding diaryl/α,β-unsaturated/α-hetero) is 1. The van der Waals surface area contributed by atoms with Gasteiger partial charge in [-0.2, -0.15) is 0 Å². The second-order valence-electron chi connectivity index (χ2n) is 8.63. The molecule has 2 fully saturated rings. The molecular formula is C22H38O5. The first-order chi connectivity index (χ1) is 12.9. The highest BCUT2D eigenvalue weighted by Gasteiger charge is 2.43. The van der Waals surface area contributed by atoms with Crippen LogP contribution in [-0.2, 0) is 9.53 Å². The lowest BCUT2D eigenvalue weighted by Gasteiger charge is -2.20. The molecule has 1 aliphatic carbocycles. The standard InChI is InChI=1S/C22H38O5/c1-3-7-16(2)8-4-5-9-17-11-12-20-19(17)14-18(27-20)10-6-13-22(25,26)21(24)15-23/h5,9,16-20,23,25-26H,3-4,6-8,10-15H2,1-2H3/t16?,17-,18-,19+,20+/m0/s1. The zero-order valence-corrected chi connectivity index (χ0v) is 17.0. The van der Waals surface area contributed by atoms with E-state index in [0.717, 1.165) is 31.6 Å². The maximum absolute atomic E-state index is 11.3. The molecule has 0 bridgehead atoms. The molecule has 1 saturated heterocycles. The van der Waals surface area contributed by atoms with Crippen molar-refractivity contribution >= 4 is 5.78 Å². The van der Waals surface area contributed by atoms with Crippen LogP contribution in [0.4, 0.5) is 0 Å². The van der Waals surface area contributed by atoms with Gasteiger partial charge in [-0.3, -0.25) is 4.79 Å². The maximum atomic E-state index is 11.3. The van der Waals surface area contributed by atoms with Crippen LogP contribution >= 0.6 is 0 Å². The third-order valence-electron chi connectivity index (χ3n) is 6.35. The second kappa shape index (κ2) is 10.7. The van der Waals surface area contributed by atoms with Gasteiger partial charge in [0.25, 0.3) is 0 Å². The Morgan fingerprint density at radius 1 is 1.30 bits per heavy atom. The smallest absolute Gasteiger partial charge is 0.226 e. The summed E-state index contributed by atoms with van der Waals surface area (Å²) in [5.74, 6) is -1.37. The molecule has 0 spiro atoms. The van der Waals surface area contributed by atoms with Gasteiger partial charge in [-0.25, -0.2) is 0 Å². The number of rotatable bonds is 12. The van der Waals surface area contributed by atoms with Crippen molar-refractivity contribution in [1.29, 1.82) is 0 Å². The summed E-state index contributed by atoms with van der Waals surface area (Å²) >= 11 is 0. The molecular weight excluding hydrogens is 344 g/mol. The van der Waals surface area contributed by atoms with Gasteiger partial charge in [0.1, 0.15) is 6.61 Å². The zero-order valence-electron chi connectivity index (χ0n) is 17.0. The molecule has 0 radical (unpaired) electrons. The first kappa shape index (κ1) is 22.5. The van der Waals surface area contributed by atoms with Crippen LogP contribution in [0.15, 0.2) is 12.2 Å². The molecule has 0 aromatic heterocycles. The van der Waals surface area contributed by atoms with Crippen LogP contribution in [0.25, 0.3) is 0 Å². The number of hydrogen-bond acceptors (Lipinski definition) is 5. The Balaban J connectivity index is 1.70. The number of carbonyl (C=O) groups is 1. The summed E-state index contributed by atoms with van der Waals surface area (Å²) < 4.78 is 6.16. The van der Waals surface area contributed by atoms with Crippen molar-refractivity contribution in [2.75, 3.05) is 6.61 Å². The van der Waals surface area contributed by atoms with Gasteiger partial charge < -0.3 is 20.1 Å². The van der Waals surface area contributed by atoms with Crippen LogP contribution < -0.4 is 0 Å². The average Bonchev–Trinajstić information content (AvgIpc) is 3.19. The molecule has 0 aromatic carbocycles. The third kappa shape index (κ3) is 6.67. The largest absolute Gasteiger partial charge is 0.388 e. The van der Waals surface area contributed by atoms with Crippen LogP contribution in [0.5, 0.6) is 0 Å². The van der Waals surface area contributed by atoms with Gasteiger partial charge in [-0.1, -0.05) is 38.8 Å². The quantitative estimate of drug-likeness (QED) is 0.356. The van der Waals surface area contributed by atoms with Crippen molar-refractivity contribution in [2.45, 2.75) is 96.1 Å². The second-order valence-corrected chi connectivity index (χ2v) is 8.63. The summed E-state index contributed by atoms with van der Waals surface area (Å²) in [5.41, 5.74) is 0. The lowest BCUT2D eigenvalue weighted by atomic mass is 9.89. The minimum atomic E-state index is -2.41. The van der Waals surface area contributed by atoms with Crippen molar-refractivity contribution in [3.63, 3.8) is 0 Å². The summed E-state index contributed by atoms with van der Waals surface area (Å²) in [6.45, 7) is 3.73. The fourth-order valence-electron chi connectivity index (χ4n) is 4.72. The minimum Gasteiger partial charge on any atom is -0.388 e. The van der Waals surface area contributed by atoms with Gasteiger partial charge in [0.2, 0.25) is 11.6 Å². The van der Waals surface area contributed by atoms with Crippen LogP contribution in [0, 0.1) is 17.8 Å². The van der Waals surface area contributed by atoms with Crippen molar-refractivity contribution in [3.8, 4) is 0 Å². The highest BCUT2D eigenvalue weighted by atomic mass is 16.5. The normalized spacial score (nSPS) is 29.4. The zero-order chi connectivity index (χ0) is 19.9. The van der Waals surface area contributed by atoms with Crippen molar-refractivity contribution in [1.82, 2.24) is 0 Å². The Labute approximate surface area is 163 Å².